The lowest BCUT2D eigenvalue weighted by Gasteiger charge is -2.19. The van der Waals surface area contributed by atoms with Crippen molar-refractivity contribution in [2.75, 3.05) is 0 Å². The van der Waals surface area contributed by atoms with E-state index in [0.717, 1.165) is 25.7 Å². The van der Waals surface area contributed by atoms with Crippen molar-refractivity contribution in [3.05, 3.63) is 29.8 Å². The number of primary sulfonamides is 1. The molecule has 0 atom stereocenters. The van der Waals surface area contributed by atoms with Crippen molar-refractivity contribution in [1.82, 2.24) is 0 Å². The lowest BCUT2D eigenvalue weighted by Crippen LogP contribution is -2.23. The van der Waals surface area contributed by atoms with Crippen LogP contribution in [0.15, 0.2) is 29.2 Å². The van der Waals surface area contributed by atoms with Crippen LogP contribution in [0, 0.1) is 0 Å². The average molecular weight is 468 g/mol. The minimum absolute atomic E-state index is 0.0729. The number of aryl methyl sites for hydroxylation is 1. The molecule has 0 bridgehead atoms. The van der Waals surface area contributed by atoms with E-state index in [-0.39, 0.29) is 16.5 Å². The molecule has 0 aliphatic carbocycles. The zero-order valence-corrected chi connectivity index (χ0v) is 21.4. The molecule has 0 aliphatic heterocycles. The van der Waals surface area contributed by atoms with Crippen molar-refractivity contribution >= 4 is 16.0 Å². The smallest absolute Gasteiger partial charge is 0.306 e. The molecule has 1 rings (SSSR count). The maximum absolute atomic E-state index is 11.6. The zero-order valence-electron chi connectivity index (χ0n) is 20.5. The fraction of sp³-hybridized carbons (Fsp3) is 0.731. The van der Waals surface area contributed by atoms with E-state index in [1.165, 1.54) is 69.8 Å². The highest BCUT2D eigenvalue weighted by atomic mass is 32.2. The van der Waals surface area contributed by atoms with Gasteiger partial charge in [0, 0.05) is 6.42 Å². The van der Waals surface area contributed by atoms with Gasteiger partial charge < -0.3 is 4.74 Å². The number of nitrogens with two attached hydrogens (primary N) is 1. The van der Waals surface area contributed by atoms with Crippen molar-refractivity contribution in [3.8, 4) is 0 Å². The molecule has 0 aromatic heterocycles. The van der Waals surface area contributed by atoms with Crippen molar-refractivity contribution in [3.63, 3.8) is 0 Å². The molecule has 2 N–H and O–H groups in total. The molecular weight excluding hydrogens is 422 g/mol. The Balaban J connectivity index is 1.86. The summed E-state index contributed by atoms with van der Waals surface area (Å²) < 4.78 is 27.8. The van der Waals surface area contributed by atoms with E-state index in [1.807, 2.05) is 32.9 Å². The number of ether oxygens (including phenoxy) is 1. The molecule has 0 saturated carbocycles. The topological polar surface area (TPSA) is 86.5 Å². The molecule has 0 amide bonds. The Hall–Kier alpha value is -1.40. The highest BCUT2D eigenvalue weighted by molar-refractivity contribution is 7.89. The quantitative estimate of drug-likeness (QED) is 0.204. The fourth-order valence-corrected chi connectivity index (χ4v) is 4.30. The summed E-state index contributed by atoms with van der Waals surface area (Å²) in [5.41, 5.74) is 0.797. The first kappa shape index (κ1) is 28.6. The Morgan fingerprint density at radius 1 is 0.750 bits per heavy atom. The van der Waals surface area contributed by atoms with Crippen molar-refractivity contribution < 1.29 is 17.9 Å². The Morgan fingerprint density at radius 2 is 1.16 bits per heavy atom. The van der Waals surface area contributed by atoms with Crippen molar-refractivity contribution in [1.29, 1.82) is 0 Å². The standard InChI is InChI=1S/C26H45NO4S/c1-26(2,3)31-25(28)18-16-14-12-10-8-6-4-5-7-9-11-13-15-17-23-19-21-24(22-20-23)32(27,29)30/h19-22H,4-18H2,1-3H3,(H2,27,29,30). The lowest BCUT2D eigenvalue weighted by atomic mass is 10.0. The lowest BCUT2D eigenvalue weighted by molar-refractivity contribution is -0.154. The largest absolute Gasteiger partial charge is 0.460 e. The summed E-state index contributed by atoms with van der Waals surface area (Å²) in [5, 5.41) is 5.12. The van der Waals surface area contributed by atoms with Gasteiger partial charge in [-0.15, -0.1) is 0 Å². The summed E-state index contributed by atoms with van der Waals surface area (Å²) >= 11 is 0. The second-order valence-corrected chi connectivity index (χ2v) is 11.4. The van der Waals surface area contributed by atoms with E-state index in [4.69, 9.17) is 9.88 Å². The Bertz CT molecular complexity index is 736. The number of unbranched alkanes of at least 4 members (excludes halogenated alkanes) is 12. The number of hydrogen-bond acceptors (Lipinski definition) is 4. The molecule has 0 fully saturated rings. The number of sulfonamides is 1. The normalized spacial score (nSPS) is 12.1. The summed E-state index contributed by atoms with van der Waals surface area (Å²) in [6.07, 6.45) is 17.6. The SMILES string of the molecule is CC(C)(C)OC(=O)CCCCCCCCCCCCCCCc1ccc(S(N)(=O)=O)cc1. The van der Waals surface area contributed by atoms with Crippen LogP contribution >= 0.6 is 0 Å². The van der Waals surface area contributed by atoms with Gasteiger partial charge in [0.15, 0.2) is 0 Å². The minimum Gasteiger partial charge on any atom is -0.460 e. The van der Waals surface area contributed by atoms with Gasteiger partial charge in [-0.2, -0.15) is 0 Å². The first-order valence-electron chi connectivity index (χ1n) is 12.4. The molecule has 1 aromatic rings. The van der Waals surface area contributed by atoms with Gasteiger partial charge in [-0.3, -0.25) is 4.79 Å². The summed E-state index contributed by atoms with van der Waals surface area (Å²) in [6, 6.07) is 6.91. The van der Waals surface area contributed by atoms with Gasteiger partial charge >= 0.3 is 5.97 Å². The monoisotopic (exact) mass is 467 g/mol. The third-order valence-electron chi connectivity index (χ3n) is 5.52. The van der Waals surface area contributed by atoms with E-state index in [9.17, 15) is 13.2 Å². The second kappa shape index (κ2) is 15.4. The summed E-state index contributed by atoms with van der Waals surface area (Å²) in [5.74, 6) is -0.0729. The van der Waals surface area contributed by atoms with Crippen LogP contribution in [0.4, 0.5) is 0 Å². The van der Waals surface area contributed by atoms with Crippen LogP contribution in [-0.4, -0.2) is 20.0 Å². The molecular formula is C26H45NO4S. The van der Waals surface area contributed by atoms with Gasteiger partial charge in [-0.25, -0.2) is 13.6 Å². The number of hydrogen-bond donors (Lipinski definition) is 1. The first-order chi connectivity index (χ1) is 15.1. The zero-order chi connectivity index (χ0) is 23.9. The molecule has 0 spiro atoms. The number of carbonyl (C=O) groups excluding carboxylic acids is 1. The molecule has 0 unspecified atom stereocenters. The third kappa shape index (κ3) is 15.4. The maximum Gasteiger partial charge on any atom is 0.306 e. The van der Waals surface area contributed by atoms with Gasteiger partial charge in [-0.05, 0) is 57.7 Å². The Labute approximate surface area is 196 Å². The maximum atomic E-state index is 11.6. The molecule has 32 heavy (non-hydrogen) atoms. The first-order valence-corrected chi connectivity index (χ1v) is 14.0. The fourth-order valence-electron chi connectivity index (χ4n) is 3.78. The molecule has 5 nitrogen and oxygen atoms in total. The van der Waals surface area contributed by atoms with E-state index < -0.39 is 10.0 Å². The van der Waals surface area contributed by atoms with Crippen molar-refractivity contribution in [2.45, 2.75) is 128 Å². The summed E-state index contributed by atoms with van der Waals surface area (Å²) in [7, 11) is -3.59. The number of rotatable bonds is 17. The molecule has 6 heteroatoms. The molecule has 0 radical (unpaired) electrons. The molecule has 0 aliphatic rings. The number of esters is 1. The predicted molar refractivity (Wildman–Crippen MR) is 132 cm³/mol. The van der Waals surface area contributed by atoms with Crippen LogP contribution in [-0.2, 0) is 26.0 Å². The van der Waals surface area contributed by atoms with Crippen molar-refractivity contribution in [2.24, 2.45) is 5.14 Å². The highest BCUT2D eigenvalue weighted by Crippen LogP contribution is 2.16. The molecule has 1 aromatic carbocycles. The van der Waals surface area contributed by atoms with Crippen LogP contribution in [0.2, 0.25) is 0 Å². The van der Waals surface area contributed by atoms with Crippen LogP contribution < -0.4 is 5.14 Å². The van der Waals surface area contributed by atoms with Crippen LogP contribution in [0.25, 0.3) is 0 Å². The number of carbonyl (C=O) groups is 1. The van der Waals surface area contributed by atoms with E-state index in [0.29, 0.717) is 6.42 Å². The number of benzene rings is 1. The Morgan fingerprint density at radius 3 is 1.56 bits per heavy atom. The van der Waals surface area contributed by atoms with Gasteiger partial charge in [-0.1, -0.05) is 82.8 Å². The summed E-state index contributed by atoms with van der Waals surface area (Å²) in [4.78, 5) is 11.8. The van der Waals surface area contributed by atoms with Gasteiger partial charge in [0.25, 0.3) is 0 Å². The highest BCUT2D eigenvalue weighted by Gasteiger charge is 2.15. The van der Waals surface area contributed by atoms with Gasteiger partial charge in [0.2, 0.25) is 10.0 Å². The van der Waals surface area contributed by atoms with E-state index >= 15 is 0 Å². The van der Waals surface area contributed by atoms with Gasteiger partial charge in [0.1, 0.15) is 5.60 Å². The minimum atomic E-state index is -3.59. The van der Waals surface area contributed by atoms with E-state index in [1.54, 1.807) is 12.1 Å². The van der Waals surface area contributed by atoms with E-state index in [2.05, 4.69) is 0 Å². The van der Waals surface area contributed by atoms with Crippen LogP contribution in [0.3, 0.4) is 0 Å². The Kier molecular flexibility index (Phi) is 13.8. The van der Waals surface area contributed by atoms with Crippen LogP contribution in [0.1, 0.15) is 116 Å². The van der Waals surface area contributed by atoms with Gasteiger partial charge in [0.05, 0.1) is 4.90 Å². The molecule has 0 heterocycles. The predicted octanol–water partition coefficient (Wildman–Crippen LogP) is 6.68. The summed E-state index contributed by atoms with van der Waals surface area (Å²) in [6.45, 7) is 5.73. The molecule has 184 valence electrons. The third-order valence-corrected chi connectivity index (χ3v) is 6.45. The second-order valence-electron chi connectivity index (χ2n) is 9.87. The molecule has 0 saturated heterocycles. The average Bonchev–Trinajstić information content (AvgIpc) is 2.69. The van der Waals surface area contributed by atoms with Crippen LogP contribution in [0.5, 0.6) is 0 Å².